The summed E-state index contributed by atoms with van der Waals surface area (Å²) in [5.41, 5.74) is 2.86. The number of hydrogen-bond acceptors (Lipinski definition) is 3. The predicted octanol–water partition coefficient (Wildman–Crippen LogP) is 1.55. The van der Waals surface area contributed by atoms with Crippen LogP contribution in [0.3, 0.4) is 0 Å². The molecule has 0 aromatic heterocycles. The van der Waals surface area contributed by atoms with Crippen LogP contribution < -0.4 is 5.32 Å². The van der Waals surface area contributed by atoms with Crippen LogP contribution in [0.5, 0.6) is 0 Å². The number of ketones is 1. The maximum atomic E-state index is 12.2. The van der Waals surface area contributed by atoms with Crippen molar-refractivity contribution in [3.05, 3.63) is 34.9 Å². The van der Waals surface area contributed by atoms with Crippen LogP contribution in [0.4, 0.5) is 0 Å². The molecule has 0 aliphatic carbocycles. The molecular weight excluding hydrogens is 240 g/mol. The highest BCUT2D eigenvalue weighted by atomic mass is 16.2. The van der Waals surface area contributed by atoms with E-state index in [1.54, 1.807) is 11.9 Å². The van der Waals surface area contributed by atoms with Gasteiger partial charge in [-0.3, -0.25) is 14.5 Å². The first-order valence-corrected chi connectivity index (χ1v) is 6.49. The zero-order chi connectivity index (χ0) is 14.4. The molecule has 0 heterocycles. The van der Waals surface area contributed by atoms with Gasteiger partial charge in [-0.1, -0.05) is 23.8 Å². The Morgan fingerprint density at radius 3 is 2.47 bits per heavy atom. The van der Waals surface area contributed by atoms with Crippen LogP contribution in [0.25, 0.3) is 0 Å². The molecule has 0 spiro atoms. The largest absolute Gasteiger partial charge is 0.355 e. The number of rotatable bonds is 6. The summed E-state index contributed by atoms with van der Waals surface area (Å²) in [5.74, 6) is -0.0114. The summed E-state index contributed by atoms with van der Waals surface area (Å²) in [7, 11) is 1.77. The fraction of sp³-hybridized carbons (Fsp3) is 0.467. The number of nitrogens with one attached hydrogen (secondary N) is 1. The molecule has 0 aliphatic heterocycles. The normalized spacial score (nSPS) is 10.6. The summed E-state index contributed by atoms with van der Waals surface area (Å²) in [6.07, 6.45) is 0. The van der Waals surface area contributed by atoms with Crippen molar-refractivity contribution < 1.29 is 9.59 Å². The van der Waals surface area contributed by atoms with E-state index >= 15 is 0 Å². The Morgan fingerprint density at radius 1 is 1.21 bits per heavy atom. The fourth-order valence-electron chi connectivity index (χ4n) is 2.01. The minimum Gasteiger partial charge on any atom is -0.355 e. The zero-order valence-corrected chi connectivity index (χ0v) is 12.1. The van der Waals surface area contributed by atoms with Crippen molar-refractivity contribution in [1.29, 1.82) is 0 Å². The molecule has 0 bridgehead atoms. The first kappa shape index (κ1) is 15.4. The topological polar surface area (TPSA) is 49.4 Å². The van der Waals surface area contributed by atoms with Crippen LogP contribution in [0.2, 0.25) is 0 Å². The lowest BCUT2D eigenvalue weighted by atomic mass is 10.0. The second-order valence-corrected chi connectivity index (χ2v) is 4.87. The molecule has 0 radical (unpaired) electrons. The Labute approximate surface area is 114 Å². The summed E-state index contributed by atoms with van der Waals surface area (Å²) in [6.45, 7) is 6.91. The molecule has 1 aromatic rings. The lowest BCUT2D eigenvalue weighted by Gasteiger charge is -2.16. The maximum absolute atomic E-state index is 12.2. The average Bonchev–Trinajstić information content (AvgIpc) is 2.28. The van der Waals surface area contributed by atoms with E-state index in [0.717, 1.165) is 16.7 Å². The maximum Gasteiger partial charge on any atom is 0.234 e. The molecule has 1 N–H and O–H groups in total. The van der Waals surface area contributed by atoms with Crippen molar-refractivity contribution in [2.75, 3.05) is 26.7 Å². The van der Waals surface area contributed by atoms with E-state index in [4.69, 9.17) is 0 Å². The van der Waals surface area contributed by atoms with E-state index in [2.05, 4.69) is 5.32 Å². The molecule has 0 aliphatic rings. The van der Waals surface area contributed by atoms with E-state index in [9.17, 15) is 9.59 Å². The zero-order valence-electron chi connectivity index (χ0n) is 12.1. The van der Waals surface area contributed by atoms with Gasteiger partial charge in [-0.15, -0.1) is 0 Å². The van der Waals surface area contributed by atoms with Crippen LogP contribution >= 0.6 is 0 Å². The van der Waals surface area contributed by atoms with Crippen molar-refractivity contribution in [2.45, 2.75) is 20.8 Å². The highest BCUT2D eigenvalue weighted by molar-refractivity contribution is 5.99. The Kier molecular flexibility index (Phi) is 5.70. The van der Waals surface area contributed by atoms with Gasteiger partial charge in [0, 0.05) is 12.1 Å². The molecule has 0 unspecified atom stereocenters. The Morgan fingerprint density at radius 2 is 1.89 bits per heavy atom. The monoisotopic (exact) mass is 262 g/mol. The Bertz CT molecular complexity index is 469. The van der Waals surface area contributed by atoms with Gasteiger partial charge in [0.15, 0.2) is 5.78 Å². The van der Waals surface area contributed by atoms with Gasteiger partial charge in [0.2, 0.25) is 5.91 Å². The van der Waals surface area contributed by atoms with Gasteiger partial charge < -0.3 is 5.32 Å². The number of amides is 1. The number of carbonyl (C=O) groups is 2. The Hall–Kier alpha value is -1.68. The minimum absolute atomic E-state index is 0.0456. The van der Waals surface area contributed by atoms with Gasteiger partial charge in [0.05, 0.1) is 13.1 Å². The molecule has 1 rings (SSSR count). The predicted molar refractivity (Wildman–Crippen MR) is 76.4 cm³/mol. The minimum atomic E-state index is -0.0570. The lowest BCUT2D eigenvalue weighted by molar-refractivity contribution is -0.121. The van der Waals surface area contributed by atoms with Crippen molar-refractivity contribution in [1.82, 2.24) is 10.2 Å². The van der Waals surface area contributed by atoms with Crippen LogP contribution in [-0.4, -0.2) is 43.3 Å². The summed E-state index contributed by atoms with van der Waals surface area (Å²) >= 11 is 0. The molecule has 1 aromatic carbocycles. The van der Waals surface area contributed by atoms with Crippen LogP contribution in [0, 0.1) is 13.8 Å². The van der Waals surface area contributed by atoms with Gasteiger partial charge in [0.25, 0.3) is 0 Å². The fourth-order valence-corrected chi connectivity index (χ4v) is 2.01. The van der Waals surface area contributed by atoms with E-state index < -0.39 is 0 Å². The van der Waals surface area contributed by atoms with E-state index in [-0.39, 0.29) is 24.8 Å². The molecule has 0 saturated heterocycles. The molecular formula is C15H22N2O2. The third-order valence-electron chi connectivity index (χ3n) is 2.88. The van der Waals surface area contributed by atoms with Gasteiger partial charge >= 0.3 is 0 Å². The SMILES string of the molecule is CCNC(=O)CN(C)CC(=O)c1ccc(C)cc1C. The van der Waals surface area contributed by atoms with Gasteiger partial charge in [-0.25, -0.2) is 0 Å². The number of aryl methyl sites for hydroxylation is 2. The van der Waals surface area contributed by atoms with Gasteiger partial charge in [0.1, 0.15) is 0 Å². The number of likely N-dealkylation sites (N-methyl/N-ethyl adjacent to an activating group) is 2. The summed E-state index contributed by atoms with van der Waals surface area (Å²) in [6, 6.07) is 5.79. The molecule has 4 heteroatoms. The highest BCUT2D eigenvalue weighted by Gasteiger charge is 2.13. The average molecular weight is 262 g/mol. The summed E-state index contributed by atoms with van der Waals surface area (Å²) in [5, 5.41) is 2.72. The van der Waals surface area contributed by atoms with Crippen molar-refractivity contribution >= 4 is 11.7 Å². The molecule has 0 fully saturated rings. The third-order valence-corrected chi connectivity index (χ3v) is 2.88. The van der Waals surface area contributed by atoms with Crippen LogP contribution in [0.1, 0.15) is 28.4 Å². The molecule has 1 amide bonds. The van der Waals surface area contributed by atoms with Crippen molar-refractivity contribution in [3.8, 4) is 0 Å². The number of Topliss-reactive ketones (excluding diaryl/α,β-unsaturated/α-hetero) is 1. The second kappa shape index (κ2) is 7.04. The van der Waals surface area contributed by atoms with Crippen molar-refractivity contribution in [2.24, 2.45) is 0 Å². The van der Waals surface area contributed by atoms with Crippen molar-refractivity contribution in [3.63, 3.8) is 0 Å². The number of carbonyl (C=O) groups excluding carboxylic acids is 2. The quantitative estimate of drug-likeness (QED) is 0.791. The van der Waals surface area contributed by atoms with Gasteiger partial charge in [-0.05, 0) is 33.4 Å². The summed E-state index contributed by atoms with van der Waals surface area (Å²) in [4.78, 5) is 25.3. The molecule has 0 saturated carbocycles. The standard InChI is InChI=1S/C15H22N2O2/c1-5-16-15(19)10-17(4)9-14(18)13-7-6-11(2)8-12(13)3/h6-8H,5,9-10H2,1-4H3,(H,16,19). The van der Waals surface area contributed by atoms with Crippen LogP contribution in [-0.2, 0) is 4.79 Å². The second-order valence-electron chi connectivity index (χ2n) is 4.87. The van der Waals surface area contributed by atoms with Crippen LogP contribution in [0.15, 0.2) is 18.2 Å². The van der Waals surface area contributed by atoms with E-state index in [1.165, 1.54) is 0 Å². The lowest BCUT2D eigenvalue weighted by Crippen LogP contribution is -2.37. The molecule has 0 atom stereocenters. The smallest absolute Gasteiger partial charge is 0.234 e. The first-order chi connectivity index (χ1) is 8.93. The van der Waals surface area contributed by atoms with E-state index in [0.29, 0.717) is 6.54 Å². The molecule has 104 valence electrons. The van der Waals surface area contributed by atoms with E-state index in [1.807, 2.05) is 39.0 Å². The summed E-state index contributed by atoms with van der Waals surface area (Å²) < 4.78 is 0. The number of hydrogen-bond donors (Lipinski definition) is 1. The van der Waals surface area contributed by atoms with Gasteiger partial charge in [-0.2, -0.15) is 0 Å². The highest BCUT2D eigenvalue weighted by Crippen LogP contribution is 2.11. The molecule has 19 heavy (non-hydrogen) atoms. The molecule has 4 nitrogen and oxygen atoms in total. The third kappa shape index (κ3) is 4.83. The first-order valence-electron chi connectivity index (χ1n) is 6.49. The Balaban J connectivity index is 2.61. The number of benzene rings is 1. The number of nitrogens with zero attached hydrogens (tertiary/aromatic N) is 1.